The van der Waals surface area contributed by atoms with Gasteiger partial charge in [-0.15, -0.1) is 0 Å². The van der Waals surface area contributed by atoms with Crippen molar-refractivity contribution in [2.24, 2.45) is 0 Å². The van der Waals surface area contributed by atoms with Gasteiger partial charge in [0.15, 0.2) is 0 Å². The Morgan fingerprint density at radius 1 is 1.29 bits per heavy atom. The van der Waals surface area contributed by atoms with Crippen LogP contribution < -0.4 is 34.7 Å². The predicted molar refractivity (Wildman–Crippen MR) is 71.9 cm³/mol. The molecule has 0 amide bonds. The number of unbranched alkanes of at least 4 members (excludes halogenated alkanes) is 1. The van der Waals surface area contributed by atoms with E-state index < -0.39 is 5.97 Å². The van der Waals surface area contributed by atoms with Crippen molar-refractivity contribution < 1.29 is 39.5 Å². The fourth-order valence-corrected chi connectivity index (χ4v) is 2.08. The van der Waals surface area contributed by atoms with E-state index in [0.29, 0.717) is 3.58 Å². The molecule has 1 aromatic rings. The van der Waals surface area contributed by atoms with Crippen LogP contribution >= 0.6 is 22.6 Å². The zero-order chi connectivity index (χ0) is 12.0. The number of carbonyl (C=O) groups excluding carboxylic acids is 1. The summed E-state index contributed by atoms with van der Waals surface area (Å²) < 4.78 is 0.317. The summed E-state index contributed by atoms with van der Waals surface area (Å²) in [5, 5.41) is 10.9. The average molecular weight is 352 g/mol. The first-order valence-electron chi connectivity index (χ1n) is 5.32. The Hall–Kier alpha value is 0.160. The van der Waals surface area contributed by atoms with E-state index in [2.05, 4.69) is 6.92 Å². The third kappa shape index (κ3) is 5.55. The SMILES string of the molecule is CCCCC(=C(I)C(=O)[O-])c1ccccc1.[Na+]. The van der Waals surface area contributed by atoms with Crippen LogP contribution in [0.1, 0.15) is 31.7 Å². The maximum Gasteiger partial charge on any atom is 1.00 e. The van der Waals surface area contributed by atoms with Crippen molar-refractivity contribution >= 4 is 34.1 Å². The van der Waals surface area contributed by atoms with Crippen LogP contribution in [0.5, 0.6) is 0 Å². The van der Waals surface area contributed by atoms with Gasteiger partial charge in [-0.2, -0.15) is 0 Å². The van der Waals surface area contributed by atoms with Crippen LogP contribution in [-0.2, 0) is 4.79 Å². The van der Waals surface area contributed by atoms with Crippen molar-refractivity contribution in [1.29, 1.82) is 0 Å². The number of hydrogen-bond acceptors (Lipinski definition) is 2. The number of halogens is 1. The smallest absolute Gasteiger partial charge is 0.544 e. The summed E-state index contributed by atoms with van der Waals surface area (Å²) >= 11 is 1.85. The molecular formula is C13H14INaO2. The summed E-state index contributed by atoms with van der Waals surface area (Å²) in [6.45, 7) is 2.09. The number of carboxylic acids is 1. The van der Waals surface area contributed by atoms with Crippen molar-refractivity contribution in [2.75, 3.05) is 0 Å². The number of carboxylic acid groups (broad SMARTS) is 1. The standard InChI is InChI=1S/C13H15IO2.Na/c1-2-3-9-11(12(14)13(15)16)10-7-5-4-6-8-10;/h4-8H,2-3,9H2,1H3,(H,15,16);/q;+1/p-1. The second kappa shape index (κ2) is 9.14. The molecule has 0 aliphatic heterocycles. The van der Waals surface area contributed by atoms with Crippen LogP contribution in [0.3, 0.4) is 0 Å². The molecule has 0 unspecified atom stereocenters. The first-order chi connectivity index (χ1) is 7.66. The molecule has 17 heavy (non-hydrogen) atoms. The van der Waals surface area contributed by atoms with Gasteiger partial charge in [0.1, 0.15) is 0 Å². The minimum Gasteiger partial charge on any atom is -0.544 e. The van der Waals surface area contributed by atoms with Gasteiger partial charge in [0.2, 0.25) is 0 Å². The number of benzene rings is 1. The van der Waals surface area contributed by atoms with Gasteiger partial charge < -0.3 is 9.90 Å². The summed E-state index contributed by atoms with van der Waals surface area (Å²) in [6, 6.07) is 9.63. The molecule has 1 aromatic carbocycles. The summed E-state index contributed by atoms with van der Waals surface area (Å²) in [5.74, 6) is -1.09. The summed E-state index contributed by atoms with van der Waals surface area (Å²) in [7, 11) is 0. The molecule has 0 aromatic heterocycles. The molecule has 0 bridgehead atoms. The van der Waals surface area contributed by atoms with Crippen LogP contribution in [0, 0.1) is 0 Å². The van der Waals surface area contributed by atoms with Crippen molar-refractivity contribution in [2.45, 2.75) is 26.2 Å². The Kier molecular flexibility index (Phi) is 9.22. The monoisotopic (exact) mass is 352 g/mol. The largest absolute Gasteiger partial charge is 1.00 e. The van der Waals surface area contributed by atoms with Gasteiger partial charge in [-0.25, -0.2) is 0 Å². The van der Waals surface area contributed by atoms with E-state index in [1.165, 1.54) is 0 Å². The van der Waals surface area contributed by atoms with E-state index in [1.807, 2.05) is 52.9 Å². The predicted octanol–water partition coefficient (Wildman–Crippen LogP) is -0.223. The molecule has 4 heteroatoms. The molecule has 0 heterocycles. The molecule has 0 aliphatic rings. The molecule has 0 saturated carbocycles. The van der Waals surface area contributed by atoms with Crippen LogP contribution in [0.15, 0.2) is 33.9 Å². The fourth-order valence-electron chi connectivity index (χ4n) is 1.50. The Bertz CT molecular complexity index is 388. The van der Waals surface area contributed by atoms with E-state index in [0.717, 1.165) is 30.4 Å². The zero-order valence-electron chi connectivity index (χ0n) is 10.2. The molecule has 2 nitrogen and oxygen atoms in total. The topological polar surface area (TPSA) is 40.1 Å². The van der Waals surface area contributed by atoms with Crippen LogP contribution in [0.4, 0.5) is 0 Å². The van der Waals surface area contributed by atoms with Crippen LogP contribution in [0.2, 0.25) is 0 Å². The first kappa shape index (κ1) is 17.2. The van der Waals surface area contributed by atoms with E-state index in [4.69, 9.17) is 0 Å². The molecule has 0 spiro atoms. The second-order valence-corrected chi connectivity index (χ2v) is 4.63. The molecule has 0 N–H and O–H groups in total. The van der Waals surface area contributed by atoms with Crippen molar-refractivity contribution in [3.05, 3.63) is 39.5 Å². The molecule has 0 saturated heterocycles. The Labute approximate surface area is 138 Å². The van der Waals surface area contributed by atoms with E-state index in [9.17, 15) is 9.90 Å². The third-order valence-electron chi connectivity index (χ3n) is 2.35. The minimum absolute atomic E-state index is 0. The van der Waals surface area contributed by atoms with Gasteiger partial charge in [0.05, 0.1) is 5.97 Å². The van der Waals surface area contributed by atoms with Crippen molar-refractivity contribution in [3.63, 3.8) is 0 Å². The van der Waals surface area contributed by atoms with Crippen LogP contribution in [-0.4, -0.2) is 5.97 Å². The van der Waals surface area contributed by atoms with Crippen molar-refractivity contribution in [3.8, 4) is 0 Å². The minimum atomic E-state index is -1.09. The zero-order valence-corrected chi connectivity index (χ0v) is 14.4. The number of carbonyl (C=O) groups is 1. The Balaban J connectivity index is 0.00000256. The maximum atomic E-state index is 10.9. The quantitative estimate of drug-likeness (QED) is 0.418. The molecule has 0 atom stereocenters. The summed E-state index contributed by atoms with van der Waals surface area (Å²) in [5.41, 5.74) is 1.85. The van der Waals surface area contributed by atoms with Crippen molar-refractivity contribution in [1.82, 2.24) is 0 Å². The van der Waals surface area contributed by atoms with Gasteiger partial charge in [-0.1, -0.05) is 43.7 Å². The normalized spacial score (nSPS) is 11.4. The Morgan fingerprint density at radius 3 is 2.35 bits per heavy atom. The summed E-state index contributed by atoms with van der Waals surface area (Å²) in [4.78, 5) is 10.9. The number of hydrogen-bond donors (Lipinski definition) is 0. The fraction of sp³-hybridized carbons (Fsp3) is 0.308. The molecule has 0 aliphatic carbocycles. The van der Waals surface area contributed by atoms with E-state index in [-0.39, 0.29) is 29.6 Å². The average Bonchev–Trinajstić information content (AvgIpc) is 2.30. The number of aliphatic carboxylic acids is 1. The van der Waals surface area contributed by atoms with Gasteiger partial charge in [-0.05, 0) is 46.6 Å². The maximum absolute atomic E-state index is 10.9. The Morgan fingerprint density at radius 2 is 1.88 bits per heavy atom. The first-order valence-corrected chi connectivity index (χ1v) is 6.40. The van der Waals surface area contributed by atoms with Gasteiger partial charge in [-0.3, -0.25) is 0 Å². The van der Waals surface area contributed by atoms with E-state index in [1.54, 1.807) is 0 Å². The van der Waals surface area contributed by atoms with Crippen LogP contribution in [0.25, 0.3) is 5.57 Å². The third-order valence-corrected chi connectivity index (χ3v) is 3.44. The molecule has 86 valence electrons. The molecule has 0 fully saturated rings. The number of rotatable bonds is 5. The van der Waals surface area contributed by atoms with Gasteiger partial charge in [0.25, 0.3) is 0 Å². The molecule has 1 rings (SSSR count). The second-order valence-electron chi connectivity index (χ2n) is 3.55. The molecular weight excluding hydrogens is 338 g/mol. The van der Waals surface area contributed by atoms with Gasteiger partial charge in [0, 0.05) is 3.58 Å². The van der Waals surface area contributed by atoms with Gasteiger partial charge >= 0.3 is 29.6 Å². The van der Waals surface area contributed by atoms with E-state index >= 15 is 0 Å². The number of allylic oxidation sites excluding steroid dienone is 1. The molecule has 0 radical (unpaired) electrons. The summed E-state index contributed by atoms with van der Waals surface area (Å²) in [6.07, 6.45) is 2.82.